The van der Waals surface area contributed by atoms with E-state index in [1.54, 1.807) is 0 Å². The molecule has 0 heterocycles. The second-order valence-electron chi connectivity index (χ2n) is 4.59. The molecule has 0 unspecified atom stereocenters. The molecule has 92 valence electrons. The molecule has 3 nitrogen and oxygen atoms in total. The number of anilines is 1. The maximum absolute atomic E-state index is 11.5. The Bertz CT molecular complexity index is 344. The van der Waals surface area contributed by atoms with E-state index in [1.165, 1.54) is 32.1 Å². The zero-order chi connectivity index (χ0) is 11.9. The van der Waals surface area contributed by atoms with Gasteiger partial charge < -0.3 is 4.74 Å². The molecule has 0 aromatic heterocycles. The monoisotopic (exact) mass is 233 g/mol. The lowest BCUT2D eigenvalue weighted by Gasteiger charge is -2.21. The Labute approximate surface area is 102 Å². The Kier molecular flexibility index (Phi) is 4.42. The molecule has 1 aliphatic rings. The maximum Gasteiger partial charge on any atom is 0.411 e. The van der Waals surface area contributed by atoms with Crippen LogP contribution >= 0.6 is 0 Å². The molecule has 0 bridgehead atoms. The molecule has 3 heteroatoms. The molecule has 1 fully saturated rings. The summed E-state index contributed by atoms with van der Waals surface area (Å²) in [5, 5.41) is 2.72. The van der Waals surface area contributed by atoms with Gasteiger partial charge >= 0.3 is 6.09 Å². The van der Waals surface area contributed by atoms with Gasteiger partial charge in [-0.1, -0.05) is 37.5 Å². The molecule has 1 aliphatic carbocycles. The normalized spacial score (nSPS) is 16.5. The number of ether oxygens (including phenoxy) is 1. The Morgan fingerprint density at radius 3 is 2.59 bits per heavy atom. The van der Waals surface area contributed by atoms with Crippen LogP contribution in [0.2, 0.25) is 0 Å². The van der Waals surface area contributed by atoms with Gasteiger partial charge in [-0.2, -0.15) is 0 Å². The highest BCUT2D eigenvalue weighted by Crippen LogP contribution is 2.23. The van der Waals surface area contributed by atoms with E-state index in [2.05, 4.69) is 5.32 Å². The molecular formula is C14H19NO2. The number of benzene rings is 1. The predicted octanol–water partition coefficient (Wildman–Crippen LogP) is 3.82. The highest BCUT2D eigenvalue weighted by molar-refractivity contribution is 5.84. The van der Waals surface area contributed by atoms with Gasteiger partial charge in [0.15, 0.2) is 0 Å². The van der Waals surface area contributed by atoms with Gasteiger partial charge in [0.2, 0.25) is 0 Å². The molecule has 1 aromatic carbocycles. The third kappa shape index (κ3) is 4.10. The van der Waals surface area contributed by atoms with E-state index in [-0.39, 0.29) is 6.09 Å². The summed E-state index contributed by atoms with van der Waals surface area (Å²) in [7, 11) is 0. The highest BCUT2D eigenvalue weighted by Gasteiger charge is 2.15. The van der Waals surface area contributed by atoms with Crippen LogP contribution in [0.15, 0.2) is 30.3 Å². The zero-order valence-electron chi connectivity index (χ0n) is 10.0. The van der Waals surface area contributed by atoms with E-state index in [9.17, 15) is 4.79 Å². The third-order valence-electron chi connectivity index (χ3n) is 3.20. The third-order valence-corrected chi connectivity index (χ3v) is 3.20. The van der Waals surface area contributed by atoms with Crippen molar-refractivity contribution in [3.8, 4) is 0 Å². The van der Waals surface area contributed by atoms with E-state index >= 15 is 0 Å². The van der Waals surface area contributed by atoms with Crippen LogP contribution in [0.4, 0.5) is 10.5 Å². The summed E-state index contributed by atoms with van der Waals surface area (Å²) in [5.74, 6) is 0.560. The fourth-order valence-electron chi connectivity index (χ4n) is 2.22. The summed E-state index contributed by atoms with van der Waals surface area (Å²) in [6, 6.07) is 9.38. The van der Waals surface area contributed by atoms with Crippen molar-refractivity contribution >= 4 is 11.8 Å². The zero-order valence-corrected chi connectivity index (χ0v) is 10.0. The summed E-state index contributed by atoms with van der Waals surface area (Å²) >= 11 is 0. The second-order valence-corrected chi connectivity index (χ2v) is 4.59. The summed E-state index contributed by atoms with van der Waals surface area (Å²) in [6.07, 6.45) is 5.91. The Balaban J connectivity index is 1.70. The van der Waals surface area contributed by atoms with Crippen LogP contribution in [0.25, 0.3) is 0 Å². The minimum atomic E-state index is -0.346. The van der Waals surface area contributed by atoms with E-state index in [0.717, 1.165) is 5.69 Å². The van der Waals surface area contributed by atoms with Crippen molar-refractivity contribution in [3.63, 3.8) is 0 Å². The quantitative estimate of drug-likeness (QED) is 0.862. The smallest absolute Gasteiger partial charge is 0.411 e. The molecule has 1 aromatic rings. The molecular weight excluding hydrogens is 214 g/mol. The van der Waals surface area contributed by atoms with Gasteiger partial charge in [0.25, 0.3) is 0 Å². The van der Waals surface area contributed by atoms with Crippen LogP contribution in [0.5, 0.6) is 0 Å². The molecule has 0 spiro atoms. The number of carbonyl (C=O) groups excluding carboxylic acids is 1. The number of rotatable bonds is 3. The van der Waals surface area contributed by atoms with E-state index in [0.29, 0.717) is 12.5 Å². The molecule has 0 radical (unpaired) electrons. The van der Waals surface area contributed by atoms with Crippen molar-refractivity contribution in [1.82, 2.24) is 0 Å². The maximum atomic E-state index is 11.5. The van der Waals surface area contributed by atoms with Crippen molar-refractivity contribution < 1.29 is 9.53 Å². The second kappa shape index (κ2) is 6.28. The predicted molar refractivity (Wildman–Crippen MR) is 68.0 cm³/mol. The Hall–Kier alpha value is -1.51. The first-order chi connectivity index (χ1) is 8.34. The first-order valence-electron chi connectivity index (χ1n) is 6.33. The van der Waals surface area contributed by atoms with Gasteiger partial charge in [-0.25, -0.2) is 4.79 Å². The standard InChI is InChI=1S/C14H19NO2/c16-14(15-13-9-5-2-6-10-13)17-11-12-7-3-1-4-8-12/h2,5-6,9-10,12H,1,3-4,7-8,11H2,(H,15,16). The lowest BCUT2D eigenvalue weighted by Crippen LogP contribution is -2.20. The topological polar surface area (TPSA) is 38.3 Å². The first-order valence-corrected chi connectivity index (χ1v) is 6.33. The van der Waals surface area contributed by atoms with Crippen LogP contribution in [0, 0.1) is 5.92 Å². The van der Waals surface area contributed by atoms with Gasteiger partial charge in [0.1, 0.15) is 0 Å². The minimum Gasteiger partial charge on any atom is -0.449 e. The van der Waals surface area contributed by atoms with Gasteiger partial charge in [-0.05, 0) is 30.9 Å². The molecule has 2 rings (SSSR count). The number of amides is 1. The van der Waals surface area contributed by atoms with Gasteiger partial charge in [-0.15, -0.1) is 0 Å². The molecule has 0 saturated heterocycles. The molecule has 1 N–H and O–H groups in total. The lowest BCUT2D eigenvalue weighted by atomic mass is 9.90. The van der Waals surface area contributed by atoms with Gasteiger partial charge in [-0.3, -0.25) is 5.32 Å². The van der Waals surface area contributed by atoms with Gasteiger partial charge in [0, 0.05) is 5.69 Å². The average Bonchev–Trinajstić information content (AvgIpc) is 2.39. The van der Waals surface area contributed by atoms with Crippen LogP contribution in [0.3, 0.4) is 0 Å². The molecule has 0 aliphatic heterocycles. The Morgan fingerprint density at radius 2 is 1.88 bits per heavy atom. The van der Waals surface area contributed by atoms with Crippen LogP contribution in [-0.4, -0.2) is 12.7 Å². The Morgan fingerprint density at radius 1 is 1.18 bits per heavy atom. The lowest BCUT2D eigenvalue weighted by molar-refractivity contribution is 0.128. The highest BCUT2D eigenvalue weighted by atomic mass is 16.5. The summed E-state index contributed by atoms with van der Waals surface area (Å²) in [4.78, 5) is 11.5. The number of hydrogen-bond acceptors (Lipinski definition) is 2. The molecule has 0 atom stereocenters. The van der Waals surface area contributed by atoms with Crippen molar-refractivity contribution in [2.24, 2.45) is 5.92 Å². The van der Waals surface area contributed by atoms with Crippen molar-refractivity contribution in [2.45, 2.75) is 32.1 Å². The molecule has 1 saturated carbocycles. The fraction of sp³-hybridized carbons (Fsp3) is 0.500. The molecule has 17 heavy (non-hydrogen) atoms. The van der Waals surface area contributed by atoms with Crippen LogP contribution < -0.4 is 5.32 Å². The number of hydrogen-bond donors (Lipinski definition) is 1. The number of para-hydroxylation sites is 1. The summed E-state index contributed by atoms with van der Waals surface area (Å²) < 4.78 is 5.24. The SMILES string of the molecule is O=C(Nc1ccccc1)OCC1CCCCC1. The van der Waals surface area contributed by atoms with Gasteiger partial charge in [0.05, 0.1) is 6.61 Å². The van der Waals surface area contributed by atoms with E-state index < -0.39 is 0 Å². The van der Waals surface area contributed by atoms with Crippen molar-refractivity contribution in [1.29, 1.82) is 0 Å². The number of nitrogens with one attached hydrogen (secondary N) is 1. The minimum absolute atomic E-state index is 0.346. The molecule has 1 amide bonds. The summed E-state index contributed by atoms with van der Waals surface area (Å²) in [6.45, 7) is 0.554. The largest absolute Gasteiger partial charge is 0.449 e. The van der Waals surface area contributed by atoms with E-state index in [1.807, 2.05) is 30.3 Å². The number of carbonyl (C=O) groups is 1. The van der Waals surface area contributed by atoms with E-state index in [4.69, 9.17) is 4.74 Å². The average molecular weight is 233 g/mol. The van der Waals surface area contributed by atoms with Crippen molar-refractivity contribution in [2.75, 3.05) is 11.9 Å². The fourth-order valence-corrected chi connectivity index (χ4v) is 2.22. The van der Waals surface area contributed by atoms with Crippen LogP contribution in [-0.2, 0) is 4.74 Å². The van der Waals surface area contributed by atoms with Crippen LogP contribution in [0.1, 0.15) is 32.1 Å². The first kappa shape index (κ1) is 12.0. The van der Waals surface area contributed by atoms with Crippen molar-refractivity contribution in [3.05, 3.63) is 30.3 Å². The summed E-state index contributed by atoms with van der Waals surface area (Å²) in [5.41, 5.74) is 0.779.